The number of nitrogens with two attached hydrogens (primary N) is 1. The van der Waals surface area contributed by atoms with E-state index in [4.69, 9.17) is 10.5 Å². The van der Waals surface area contributed by atoms with Crippen molar-refractivity contribution in [3.63, 3.8) is 0 Å². The normalized spacial score (nSPS) is 24.4. The fourth-order valence-corrected chi connectivity index (χ4v) is 5.75. The third-order valence-corrected chi connectivity index (χ3v) is 7.03. The zero-order valence-electron chi connectivity index (χ0n) is 12.0. The van der Waals surface area contributed by atoms with Gasteiger partial charge in [-0.2, -0.15) is 23.5 Å². The first-order chi connectivity index (χ1) is 9.65. The molecule has 2 N–H and O–H groups in total. The number of ether oxygens (including phenoxy) is 1. The molecule has 2 nitrogen and oxygen atoms in total. The summed E-state index contributed by atoms with van der Waals surface area (Å²) in [5.74, 6) is 2.35. The van der Waals surface area contributed by atoms with E-state index in [1.807, 2.05) is 29.6 Å². The summed E-state index contributed by atoms with van der Waals surface area (Å²) in [7, 11) is 1.48. The predicted molar refractivity (Wildman–Crippen MR) is 87.4 cm³/mol. The molecule has 1 heterocycles. The molecule has 0 saturated carbocycles. The molecular weight excluding hydrogens is 293 g/mol. The number of halogens is 1. The smallest absolute Gasteiger partial charge is 0.165 e. The second-order valence-corrected chi connectivity index (χ2v) is 7.62. The first-order valence-corrected chi connectivity index (χ1v) is 9.06. The second-order valence-electron chi connectivity index (χ2n) is 4.99. The van der Waals surface area contributed by atoms with E-state index in [9.17, 15) is 4.39 Å². The van der Waals surface area contributed by atoms with Gasteiger partial charge in [0, 0.05) is 28.0 Å². The molecule has 1 aliphatic heterocycles. The van der Waals surface area contributed by atoms with Crippen LogP contribution in [0.5, 0.6) is 5.75 Å². The monoisotopic (exact) mass is 315 g/mol. The van der Waals surface area contributed by atoms with Crippen molar-refractivity contribution in [3.05, 3.63) is 29.6 Å². The number of benzene rings is 1. The number of rotatable bonds is 5. The van der Waals surface area contributed by atoms with E-state index in [-0.39, 0.29) is 17.6 Å². The van der Waals surface area contributed by atoms with Crippen LogP contribution in [0.1, 0.15) is 18.9 Å². The molecule has 1 fully saturated rings. The van der Waals surface area contributed by atoms with Crippen LogP contribution in [0.2, 0.25) is 0 Å². The minimum atomic E-state index is -0.310. The number of hydrogen-bond acceptors (Lipinski definition) is 4. The zero-order chi connectivity index (χ0) is 14.5. The minimum Gasteiger partial charge on any atom is -0.494 e. The molecule has 0 bridgehead atoms. The molecule has 5 heteroatoms. The summed E-state index contributed by atoms with van der Waals surface area (Å²) >= 11 is 4.00. The van der Waals surface area contributed by atoms with Crippen LogP contribution in [0.3, 0.4) is 0 Å². The van der Waals surface area contributed by atoms with Crippen molar-refractivity contribution < 1.29 is 9.13 Å². The molecule has 1 aromatic rings. The molecule has 1 aliphatic rings. The van der Waals surface area contributed by atoms with Crippen molar-refractivity contribution >= 4 is 23.5 Å². The molecule has 0 aliphatic carbocycles. The summed E-state index contributed by atoms with van der Waals surface area (Å²) in [5.41, 5.74) is 7.33. The van der Waals surface area contributed by atoms with E-state index in [0.717, 1.165) is 24.2 Å². The topological polar surface area (TPSA) is 35.2 Å². The van der Waals surface area contributed by atoms with Crippen LogP contribution < -0.4 is 10.5 Å². The van der Waals surface area contributed by atoms with Crippen LogP contribution >= 0.6 is 23.5 Å². The van der Waals surface area contributed by atoms with E-state index in [1.54, 1.807) is 12.1 Å². The average molecular weight is 315 g/mol. The maximum absolute atomic E-state index is 13.7. The van der Waals surface area contributed by atoms with Crippen LogP contribution in [0, 0.1) is 5.82 Å². The third-order valence-electron chi connectivity index (χ3n) is 3.60. The Balaban J connectivity index is 2.03. The van der Waals surface area contributed by atoms with Crippen molar-refractivity contribution in [2.24, 2.45) is 5.73 Å². The summed E-state index contributed by atoms with van der Waals surface area (Å²) in [4.78, 5) is 0. The van der Waals surface area contributed by atoms with Gasteiger partial charge < -0.3 is 10.5 Å². The highest BCUT2D eigenvalue weighted by Gasteiger charge is 2.30. The van der Waals surface area contributed by atoms with Crippen molar-refractivity contribution in [1.29, 1.82) is 0 Å². The molecule has 3 unspecified atom stereocenters. The number of hydrogen-bond donors (Lipinski definition) is 1. The Kier molecular flexibility index (Phi) is 6.05. The molecule has 0 amide bonds. The van der Waals surface area contributed by atoms with Crippen LogP contribution in [-0.4, -0.2) is 35.2 Å². The molecule has 1 saturated heterocycles. The molecule has 0 spiro atoms. The molecule has 1 aromatic carbocycles. The Morgan fingerprint density at radius 2 is 2.15 bits per heavy atom. The Morgan fingerprint density at radius 1 is 1.40 bits per heavy atom. The van der Waals surface area contributed by atoms with Gasteiger partial charge in [0.2, 0.25) is 0 Å². The van der Waals surface area contributed by atoms with E-state index >= 15 is 0 Å². The van der Waals surface area contributed by atoms with E-state index in [2.05, 4.69) is 6.92 Å². The molecule has 3 atom stereocenters. The molecule has 2 rings (SSSR count). The quantitative estimate of drug-likeness (QED) is 0.904. The van der Waals surface area contributed by atoms with Gasteiger partial charge in [-0.25, -0.2) is 4.39 Å². The molecule has 20 heavy (non-hydrogen) atoms. The van der Waals surface area contributed by atoms with Gasteiger partial charge in [-0.1, -0.05) is 13.0 Å². The van der Waals surface area contributed by atoms with Gasteiger partial charge in [0.1, 0.15) is 0 Å². The van der Waals surface area contributed by atoms with E-state index < -0.39 is 0 Å². The first-order valence-electron chi connectivity index (χ1n) is 6.97. The predicted octanol–water partition coefficient (Wildman–Crippen LogP) is 3.33. The molecule has 0 aromatic heterocycles. The summed E-state index contributed by atoms with van der Waals surface area (Å²) in [6.45, 7) is 2.22. The Hall–Kier alpha value is -0.390. The fourth-order valence-electron chi connectivity index (χ4n) is 2.56. The maximum Gasteiger partial charge on any atom is 0.165 e. The zero-order valence-corrected chi connectivity index (χ0v) is 13.6. The SMILES string of the molecule is CCC1SCCSC1C(N)Cc1ccc(OC)c(F)c1. The van der Waals surface area contributed by atoms with Crippen molar-refractivity contribution in [1.82, 2.24) is 0 Å². The first kappa shape index (κ1) is 16.0. The number of methoxy groups -OCH3 is 1. The van der Waals surface area contributed by atoms with Gasteiger partial charge in [0.05, 0.1) is 7.11 Å². The Bertz CT molecular complexity index is 444. The van der Waals surface area contributed by atoms with E-state index in [1.165, 1.54) is 12.9 Å². The van der Waals surface area contributed by atoms with Crippen molar-refractivity contribution in [2.45, 2.75) is 36.3 Å². The lowest BCUT2D eigenvalue weighted by atomic mass is 10.0. The van der Waals surface area contributed by atoms with Crippen LogP contribution in [0.4, 0.5) is 4.39 Å². The summed E-state index contributed by atoms with van der Waals surface area (Å²) in [6, 6.07) is 5.20. The Labute approximate surface area is 129 Å². The van der Waals surface area contributed by atoms with Crippen LogP contribution in [0.15, 0.2) is 18.2 Å². The standard InChI is InChI=1S/C15H22FNOS2/c1-3-14-15(20-7-6-19-14)12(17)9-10-4-5-13(18-2)11(16)8-10/h4-5,8,12,14-15H,3,6-7,9,17H2,1-2H3. The Morgan fingerprint density at radius 3 is 2.80 bits per heavy atom. The van der Waals surface area contributed by atoms with Crippen molar-refractivity contribution in [2.75, 3.05) is 18.6 Å². The van der Waals surface area contributed by atoms with Gasteiger partial charge in [-0.15, -0.1) is 0 Å². The third kappa shape index (κ3) is 3.83. The average Bonchev–Trinajstić information content (AvgIpc) is 2.47. The lowest BCUT2D eigenvalue weighted by molar-refractivity contribution is 0.386. The summed E-state index contributed by atoms with van der Waals surface area (Å²) in [5, 5.41) is 1.08. The van der Waals surface area contributed by atoms with Crippen LogP contribution in [0.25, 0.3) is 0 Å². The summed E-state index contributed by atoms with van der Waals surface area (Å²) < 4.78 is 18.7. The molecule has 0 radical (unpaired) electrons. The highest BCUT2D eigenvalue weighted by Crippen LogP contribution is 2.35. The lowest BCUT2D eigenvalue weighted by Gasteiger charge is -2.34. The van der Waals surface area contributed by atoms with Gasteiger partial charge >= 0.3 is 0 Å². The van der Waals surface area contributed by atoms with Gasteiger partial charge in [-0.05, 0) is 30.5 Å². The second kappa shape index (κ2) is 7.57. The highest BCUT2D eigenvalue weighted by molar-refractivity contribution is 8.07. The van der Waals surface area contributed by atoms with Crippen LogP contribution in [-0.2, 0) is 6.42 Å². The van der Waals surface area contributed by atoms with E-state index in [0.29, 0.717) is 10.5 Å². The lowest BCUT2D eigenvalue weighted by Crippen LogP contribution is -2.43. The highest BCUT2D eigenvalue weighted by atomic mass is 32.2. The fraction of sp³-hybridized carbons (Fsp3) is 0.600. The minimum absolute atomic E-state index is 0.0746. The maximum atomic E-state index is 13.7. The van der Waals surface area contributed by atoms with Crippen molar-refractivity contribution in [3.8, 4) is 5.75 Å². The van der Waals surface area contributed by atoms with Gasteiger partial charge in [-0.3, -0.25) is 0 Å². The molecular formula is C15H22FNOS2. The van der Waals surface area contributed by atoms with Gasteiger partial charge in [0.25, 0.3) is 0 Å². The van der Waals surface area contributed by atoms with Gasteiger partial charge in [0.15, 0.2) is 11.6 Å². The molecule has 112 valence electrons. The summed E-state index contributed by atoms with van der Waals surface area (Å²) in [6.07, 6.45) is 1.86. The number of thioether (sulfide) groups is 2. The largest absolute Gasteiger partial charge is 0.494 e.